The van der Waals surface area contributed by atoms with Crippen LogP contribution in [-0.4, -0.2) is 14.6 Å². The molecule has 0 saturated heterocycles. The summed E-state index contributed by atoms with van der Waals surface area (Å²) in [5.41, 5.74) is 7.29. The summed E-state index contributed by atoms with van der Waals surface area (Å²) in [6.07, 6.45) is 1.95. The minimum absolute atomic E-state index is 0.734. The first-order chi connectivity index (χ1) is 8.74. The van der Waals surface area contributed by atoms with Crippen molar-refractivity contribution in [1.29, 1.82) is 0 Å². The second kappa shape index (κ2) is 4.62. The van der Waals surface area contributed by atoms with E-state index in [9.17, 15) is 0 Å². The van der Waals surface area contributed by atoms with Gasteiger partial charge in [0.1, 0.15) is 0 Å². The highest BCUT2D eigenvalue weighted by Gasteiger charge is 2.09. The van der Waals surface area contributed by atoms with E-state index in [4.69, 9.17) is 5.73 Å². The average molecular weight is 321 g/mol. The van der Waals surface area contributed by atoms with E-state index >= 15 is 0 Å². The quantitative estimate of drug-likeness (QED) is 0.736. The first-order valence-corrected chi connectivity index (χ1v) is 6.87. The first kappa shape index (κ1) is 11.6. The SMILES string of the molecule is Nc1ccc(Sc2nnc3ccccn23)c(Br)c1. The number of rotatable bonds is 2. The van der Waals surface area contributed by atoms with Gasteiger partial charge in [0.15, 0.2) is 10.8 Å². The number of pyridine rings is 1. The molecule has 18 heavy (non-hydrogen) atoms. The molecule has 3 rings (SSSR count). The summed E-state index contributed by atoms with van der Waals surface area (Å²) < 4.78 is 2.91. The molecular weight excluding hydrogens is 312 g/mol. The maximum atomic E-state index is 5.72. The zero-order valence-corrected chi connectivity index (χ0v) is 11.6. The van der Waals surface area contributed by atoms with Crippen molar-refractivity contribution in [3.05, 3.63) is 47.1 Å². The van der Waals surface area contributed by atoms with Gasteiger partial charge >= 0.3 is 0 Å². The lowest BCUT2D eigenvalue weighted by Gasteiger charge is -2.03. The lowest BCUT2D eigenvalue weighted by atomic mass is 10.3. The van der Waals surface area contributed by atoms with Crippen molar-refractivity contribution in [2.75, 3.05) is 5.73 Å². The minimum atomic E-state index is 0.734. The monoisotopic (exact) mass is 320 g/mol. The fraction of sp³-hybridized carbons (Fsp3) is 0. The van der Waals surface area contributed by atoms with Gasteiger partial charge in [-0.05, 0) is 58.0 Å². The maximum Gasteiger partial charge on any atom is 0.200 e. The van der Waals surface area contributed by atoms with E-state index in [1.54, 1.807) is 11.8 Å². The van der Waals surface area contributed by atoms with Crippen molar-refractivity contribution in [3.8, 4) is 0 Å². The molecular formula is C12H9BrN4S. The molecule has 0 aliphatic rings. The highest BCUT2D eigenvalue weighted by molar-refractivity contribution is 9.10. The topological polar surface area (TPSA) is 56.2 Å². The summed E-state index contributed by atoms with van der Waals surface area (Å²) in [4.78, 5) is 1.06. The molecule has 0 unspecified atom stereocenters. The van der Waals surface area contributed by atoms with Gasteiger partial charge in [-0.15, -0.1) is 10.2 Å². The van der Waals surface area contributed by atoms with Gasteiger partial charge in [-0.1, -0.05) is 6.07 Å². The molecule has 0 spiro atoms. The number of aromatic nitrogens is 3. The van der Waals surface area contributed by atoms with Gasteiger partial charge in [0, 0.05) is 21.3 Å². The molecule has 0 amide bonds. The van der Waals surface area contributed by atoms with Crippen molar-refractivity contribution >= 4 is 39.0 Å². The fourth-order valence-corrected chi connectivity index (χ4v) is 3.05. The Kier molecular flexibility index (Phi) is 2.97. The summed E-state index contributed by atoms with van der Waals surface area (Å²) in [5.74, 6) is 0. The number of hydrogen-bond acceptors (Lipinski definition) is 4. The van der Waals surface area contributed by atoms with Gasteiger partial charge in [0.2, 0.25) is 0 Å². The van der Waals surface area contributed by atoms with Gasteiger partial charge < -0.3 is 5.73 Å². The van der Waals surface area contributed by atoms with Crippen LogP contribution in [0.25, 0.3) is 5.65 Å². The van der Waals surface area contributed by atoms with Gasteiger partial charge in [0.25, 0.3) is 0 Å². The standard InChI is InChI=1S/C12H9BrN4S/c13-9-7-8(14)4-5-10(9)18-12-16-15-11-3-1-2-6-17(11)12/h1-7H,14H2. The van der Waals surface area contributed by atoms with Crippen LogP contribution in [0.1, 0.15) is 0 Å². The molecule has 0 aliphatic heterocycles. The van der Waals surface area contributed by atoms with E-state index in [0.717, 1.165) is 25.9 Å². The molecule has 4 nitrogen and oxygen atoms in total. The number of nitrogens with two attached hydrogens (primary N) is 1. The van der Waals surface area contributed by atoms with Crippen LogP contribution in [0.5, 0.6) is 0 Å². The molecule has 3 aromatic rings. The molecule has 90 valence electrons. The van der Waals surface area contributed by atoms with Crippen molar-refractivity contribution in [1.82, 2.24) is 14.6 Å². The van der Waals surface area contributed by atoms with E-state index in [1.165, 1.54) is 0 Å². The summed E-state index contributed by atoms with van der Waals surface area (Å²) in [6, 6.07) is 11.5. The number of halogens is 1. The van der Waals surface area contributed by atoms with Crippen LogP contribution >= 0.6 is 27.7 Å². The normalized spacial score (nSPS) is 10.9. The summed E-state index contributed by atoms with van der Waals surface area (Å²) in [7, 11) is 0. The Labute approximate surface area is 116 Å². The molecule has 0 bridgehead atoms. The average Bonchev–Trinajstić information content (AvgIpc) is 2.76. The van der Waals surface area contributed by atoms with Crippen molar-refractivity contribution in [2.24, 2.45) is 0 Å². The highest BCUT2D eigenvalue weighted by Crippen LogP contribution is 2.33. The summed E-state index contributed by atoms with van der Waals surface area (Å²) >= 11 is 5.04. The third kappa shape index (κ3) is 2.09. The van der Waals surface area contributed by atoms with Gasteiger partial charge in [-0.25, -0.2) is 0 Å². The van der Waals surface area contributed by atoms with Gasteiger partial charge in [-0.3, -0.25) is 4.40 Å². The predicted octanol–water partition coefficient (Wildman–Crippen LogP) is 3.23. The van der Waals surface area contributed by atoms with Crippen LogP contribution in [0.4, 0.5) is 5.69 Å². The highest BCUT2D eigenvalue weighted by atomic mass is 79.9. The second-order valence-corrected chi connectivity index (χ2v) is 5.57. The number of nitrogens with zero attached hydrogens (tertiary/aromatic N) is 3. The molecule has 6 heteroatoms. The van der Waals surface area contributed by atoms with E-state index in [2.05, 4.69) is 26.1 Å². The summed E-state index contributed by atoms with van der Waals surface area (Å²) in [6.45, 7) is 0. The van der Waals surface area contributed by atoms with E-state index in [-0.39, 0.29) is 0 Å². The van der Waals surface area contributed by atoms with Crippen LogP contribution in [0.2, 0.25) is 0 Å². The third-order valence-corrected chi connectivity index (χ3v) is 4.39. The number of anilines is 1. The third-order valence-electron chi connectivity index (χ3n) is 2.44. The van der Waals surface area contributed by atoms with Crippen LogP contribution in [0.3, 0.4) is 0 Å². The molecule has 0 atom stereocenters. The zero-order chi connectivity index (χ0) is 12.5. The number of hydrogen-bond donors (Lipinski definition) is 1. The Balaban J connectivity index is 2.01. The van der Waals surface area contributed by atoms with Crippen LogP contribution in [0.15, 0.2) is 57.1 Å². The molecule has 0 radical (unpaired) electrons. The number of benzene rings is 1. The van der Waals surface area contributed by atoms with Crippen molar-refractivity contribution in [2.45, 2.75) is 10.1 Å². The Morgan fingerprint density at radius 3 is 2.89 bits per heavy atom. The zero-order valence-electron chi connectivity index (χ0n) is 9.25. The van der Waals surface area contributed by atoms with Gasteiger partial charge in [-0.2, -0.15) is 0 Å². The molecule has 2 aromatic heterocycles. The Hall–Kier alpha value is -1.53. The van der Waals surface area contributed by atoms with E-state index in [1.807, 2.05) is 47.0 Å². The Morgan fingerprint density at radius 1 is 1.17 bits per heavy atom. The predicted molar refractivity (Wildman–Crippen MR) is 75.7 cm³/mol. The van der Waals surface area contributed by atoms with Gasteiger partial charge in [0.05, 0.1) is 0 Å². The number of fused-ring (bicyclic) bond motifs is 1. The lowest BCUT2D eigenvalue weighted by Crippen LogP contribution is -1.88. The molecule has 0 saturated carbocycles. The Bertz CT molecular complexity index is 710. The van der Waals surface area contributed by atoms with Crippen molar-refractivity contribution in [3.63, 3.8) is 0 Å². The van der Waals surface area contributed by atoms with Crippen molar-refractivity contribution < 1.29 is 0 Å². The molecule has 2 heterocycles. The van der Waals surface area contributed by atoms with Crippen LogP contribution in [0, 0.1) is 0 Å². The van der Waals surface area contributed by atoms with E-state index < -0.39 is 0 Å². The lowest BCUT2D eigenvalue weighted by molar-refractivity contribution is 0.921. The summed E-state index contributed by atoms with van der Waals surface area (Å²) in [5, 5.41) is 9.12. The Morgan fingerprint density at radius 2 is 2.06 bits per heavy atom. The number of nitrogen functional groups attached to an aromatic ring is 1. The van der Waals surface area contributed by atoms with E-state index in [0.29, 0.717) is 0 Å². The maximum absolute atomic E-state index is 5.72. The van der Waals surface area contributed by atoms with Crippen LogP contribution < -0.4 is 5.73 Å². The fourth-order valence-electron chi connectivity index (χ4n) is 1.59. The molecule has 0 aliphatic carbocycles. The molecule has 1 aromatic carbocycles. The largest absolute Gasteiger partial charge is 0.399 e. The van der Waals surface area contributed by atoms with Crippen LogP contribution in [-0.2, 0) is 0 Å². The smallest absolute Gasteiger partial charge is 0.200 e. The molecule has 2 N–H and O–H groups in total. The first-order valence-electron chi connectivity index (χ1n) is 5.27. The minimum Gasteiger partial charge on any atom is -0.399 e. The molecule has 0 fully saturated rings. The second-order valence-electron chi connectivity index (χ2n) is 3.70.